The third-order valence-corrected chi connectivity index (χ3v) is 17.7. The Morgan fingerprint density at radius 1 is 0.743 bits per heavy atom. The number of hydrazine groups is 1. The van der Waals surface area contributed by atoms with Gasteiger partial charge in [0.25, 0.3) is 0 Å². The number of anilines is 5. The molecule has 1 amide bonds. The van der Waals surface area contributed by atoms with Crippen molar-refractivity contribution in [1.82, 2.24) is 64.3 Å². The highest BCUT2D eigenvalue weighted by atomic mass is 28.4. The van der Waals surface area contributed by atoms with E-state index in [2.05, 4.69) is 113 Å². The Morgan fingerprint density at radius 2 is 1.30 bits per heavy atom. The molecule has 2 aromatic carbocycles. The van der Waals surface area contributed by atoms with Gasteiger partial charge >= 0.3 is 5.91 Å². The molecule has 2 aliphatic rings. The van der Waals surface area contributed by atoms with E-state index in [1.54, 1.807) is 21.8 Å². The molecule has 9 rings (SSSR count). The standard InChI is InChI=1S/C27H37F2N9O2Si.C21H21F2N9O/c1-27(2,3)41(4,5)40-16-6-7-23(39)34-35-24-20-18-31-38(25(20)33-26(30)32-24)15-12-36-10-13-37(14-11-36)22-9-8-19(28)17-21(22)29;22-14-3-4-17(16(23)12-14)30-8-5-29(6-9-30)7-10-31-19-15(13-25-31)20-26-18(2-1-11-33)28-32(20)21(24)27-19/h8-9,17-18H,10-16H2,1-5H3,(H,34,39)(H3,30,32,33,35);3-4,12-13,33H,5-11H2,(H2,24,27). The number of halogens is 4. The number of benzene rings is 2. The maximum Gasteiger partial charge on any atom is 0.314 e. The van der Waals surface area contributed by atoms with Gasteiger partial charge < -0.3 is 30.8 Å². The highest BCUT2D eigenvalue weighted by molar-refractivity contribution is 6.74. The number of amides is 1. The number of nitrogens with two attached hydrogens (primary N) is 2. The van der Waals surface area contributed by atoms with Crippen LogP contribution >= 0.6 is 0 Å². The van der Waals surface area contributed by atoms with Crippen LogP contribution in [0.25, 0.3) is 27.7 Å². The van der Waals surface area contributed by atoms with Crippen molar-refractivity contribution < 1.29 is 31.9 Å². The Labute approximate surface area is 425 Å². The van der Waals surface area contributed by atoms with Crippen LogP contribution in [0, 0.1) is 47.0 Å². The minimum atomic E-state index is -1.94. The Bertz CT molecular complexity index is 3270. The van der Waals surface area contributed by atoms with Crippen molar-refractivity contribution in [3.05, 3.63) is 77.9 Å². The first-order valence-corrected chi connectivity index (χ1v) is 26.8. The summed E-state index contributed by atoms with van der Waals surface area (Å²) in [6.07, 6.45) is 3.28. The highest BCUT2D eigenvalue weighted by Gasteiger charge is 2.37. The number of fused-ring (bicyclic) bond motifs is 4. The normalized spacial score (nSPS) is 14.6. The van der Waals surface area contributed by atoms with Crippen LogP contribution in [0.3, 0.4) is 0 Å². The summed E-state index contributed by atoms with van der Waals surface area (Å²) >= 11 is 0. The lowest BCUT2D eigenvalue weighted by atomic mass is 10.2. The van der Waals surface area contributed by atoms with Crippen LogP contribution in [-0.4, -0.2) is 157 Å². The zero-order valence-corrected chi connectivity index (χ0v) is 42.7. The van der Waals surface area contributed by atoms with Gasteiger partial charge in [-0.25, -0.2) is 26.9 Å². The second kappa shape index (κ2) is 22.6. The van der Waals surface area contributed by atoms with Crippen molar-refractivity contribution in [3.63, 3.8) is 0 Å². The van der Waals surface area contributed by atoms with E-state index in [1.165, 1.54) is 28.8 Å². The first kappa shape index (κ1) is 52.7. The molecule has 7 aromatic rings. The van der Waals surface area contributed by atoms with E-state index in [9.17, 15) is 22.4 Å². The van der Waals surface area contributed by atoms with Gasteiger partial charge in [-0.2, -0.15) is 34.6 Å². The molecule has 0 atom stereocenters. The molecular formula is C48H58F4N18O3Si. The van der Waals surface area contributed by atoms with Crippen molar-refractivity contribution in [3.8, 4) is 23.7 Å². The molecule has 0 radical (unpaired) electrons. The maximum atomic E-state index is 14.2. The van der Waals surface area contributed by atoms with Crippen molar-refractivity contribution >= 4 is 71.0 Å². The van der Waals surface area contributed by atoms with E-state index < -0.39 is 37.5 Å². The van der Waals surface area contributed by atoms with E-state index in [4.69, 9.17) is 21.0 Å². The smallest absolute Gasteiger partial charge is 0.314 e. The van der Waals surface area contributed by atoms with E-state index in [1.807, 2.05) is 9.80 Å². The second-order valence-electron chi connectivity index (χ2n) is 19.0. The molecule has 0 bridgehead atoms. The van der Waals surface area contributed by atoms with Gasteiger partial charge in [0, 0.05) is 77.6 Å². The molecule has 5 aromatic heterocycles. The van der Waals surface area contributed by atoms with Crippen LogP contribution in [-0.2, 0) is 22.3 Å². The fraction of sp³-hybridized carbons (Fsp3) is 0.417. The summed E-state index contributed by atoms with van der Waals surface area (Å²) in [5.41, 5.74) is 19.7. The Kier molecular flexibility index (Phi) is 16.1. The number of rotatable bonds is 12. The molecule has 0 spiro atoms. The van der Waals surface area contributed by atoms with Crippen LogP contribution in [0.1, 0.15) is 26.6 Å². The number of carbonyl (C=O) groups is 1. The molecule has 0 saturated carbocycles. The summed E-state index contributed by atoms with van der Waals surface area (Å²) in [7, 11) is -1.94. The Morgan fingerprint density at radius 3 is 1.84 bits per heavy atom. The molecule has 7 heterocycles. The molecule has 26 heteroatoms. The lowest BCUT2D eigenvalue weighted by Crippen LogP contribution is -2.47. The number of hydrogen-bond acceptors (Lipinski definition) is 17. The first-order chi connectivity index (χ1) is 35.4. The second-order valence-corrected chi connectivity index (χ2v) is 23.8. The lowest BCUT2D eigenvalue weighted by molar-refractivity contribution is -0.115. The molecule has 2 saturated heterocycles. The number of nitrogens with zero attached hydrogens (tertiary/aromatic N) is 14. The van der Waals surface area contributed by atoms with Gasteiger partial charge in [-0.15, -0.1) is 5.10 Å². The average molecular weight is 1040 g/mol. The number of carbonyl (C=O) groups excluding carboxylic acids is 1. The average Bonchev–Trinajstić information content (AvgIpc) is 4.10. The summed E-state index contributed by atoms with van der Waals surface area (Å²) in [6.45, 7) is 18.5. The zero-order valence-electron chi connectivity index (χ0n) is 41.7. The lowest BCUT2D eigenvalue weighted by Gasteiger charge is -2.36. The van der Waals surface area contributed by atoms with E-state index in [0.29, 0.717) is 104 Å². The van der Waals surface area contributed by atoms with Gasteiger partial charge in [0.2, 0.25) is 17.7 Å². The van der Waals surface area contributed by atoms with Gasteiger partial charge in [-0.3, -0.25) is 25.4 Å². The van der Waals surface area contributed by atoms with E-state index >= 15 is 0 Å². The number of aliphatic hydroxyl groups excluding tert-OH is 1. The minimum absolute atomic E-state index is 0.0276. The van der Waals surface area contributed by atoms with Crippen LogP contribution in [0.4, 0.5) is 46.7 Å². The summed E-state index contributed by atoms with van der Waals surface area (Å²) in [6, 6.07) is 7.34. The number of aliphatic hydroxyl groups is 1. The van der Waals surface area contributed by atoms with Gasteiger partial charge in [0.05, 0.1) is 54.2 Å². The van der Waals surface area contributed by atoms with Crippen molar-refractivity contribution in [2.45, 2.75) is 52.0 Å². The molecule has 2 aliphatic heterocycles. The summed E-state index contributed by atoms with van der Waals surface area (Å²) in [5, 5.41) is 23.3. The van der Waals surface area contributed by atoms with Gasteiger partial charge in [-0.1, -0.05) is 32.6 Å². The maximum absolute atomic E-state index is 14.2. The van der Waals surface area contributed by atoms with Gasteiger partial charge in [0.1, 0.15) is 29.9 Å². The largest absolute Gasteiger partial charge is 0.406 e. The van der Waals surface area contributed by atoms with Gasteiger partial charge in [-0.05, 0) is 54.2 Å². The highest BCUT2D eigenvalue weighted by Crippen LogP contribution is 2.36. The molecular weight excluding hydrogens is 981 g/mol. The monoisotopic (exact) mass is 1040 g/mol. The third-order valence-electron chi connectivity index (χ3n) is 13.2. The van der Waals surface area contributed by atoms with Crippen LogP contribution in [0.15, 0.2) is 48.8 Å². The van der Waals surface area contributed by atoms with Crippen LogP contribution in [0.2, 0.25) is 18.1 Å². The van der Waals surface area contributed by atoms with Gasteiger partial charge in [0.15, 0.2) is 31.1 Å². The molecule has 0 aliphatic carbocycles. The Hall–Kier alpha value is -7.62. The van der Waals surface area contributed by atoms with E-state index in [-0.39, 0.29) is 36.0 Å². The van der Waals surface area contributed by atoms with Crippen molar-refractivity contribution in [2.24, 2.45) is 0 Å². The topological polar surface area (TPSA) is 240 Å². The molecule has 74 heavy (non-hydrogen) atoms. The number of piperazine rings is 2. The third kappa shape index (κ3) is 12.4. The van der Waals surface area contributed by atoms with Crippen LogP contribution < -0.4 is 32.1 Å². The number of aromatic nitrogens is 10. The first-order valence-electron chi connectivity index (χ1n) is 23.9. The summed E-state index contributed by atoms with van der Waals surface area (Å²) in [5.74, 6) is 8.40. The minimum Gasteiger partial charge on any atom is -0.406 e. The van der Waals surface area contributed by atoms with Crippen molar-refractivity contribution in [1.29, 1.82) is 0 Å². The Balaban J connectivity index is 0.000000201. The van der Waals surface area contributed by atoms with E-state index in [0.717, 1.165) is 31.8 Å². The predicted molar refractivity (Wildman–Crippen MR) is 275 cm³/mol. The molecule has 7 N–H and O–H groups in total. The summed E-state index contributed by atoms with van der Waals surface area (Å²) in [4.78, 5) is 37.9. The molecule has 21 nitrogen and oxygen atoms in total. The fourth-order valence-corrected chi connectivity index (χ4v) is 8.96. The fourth-order valence-electron chi connectivity index (χ4n) is 8.09. The molecule has 0 unspecified atom stereocenters. The zero-order chi connectivity index (χ0) is 52.7. The van der Waals surface area contributed by atoms with Crippen molar-refractivity contribution in [2.75, 3.05) is 105 Å². The molecule has 390 valence electrons. The molecule has 2 fully saturated rings. The number of hydrogen-bond donors (Lipinski definition) is 5. The number of nitrogen functional groups attached to an aromatic ring is 2. The predicted octanol–water partition coefficient (Wildman–Crippen LogP) is 3.48. The quantitative estimate of drug-likeness (QED) is 0.0510. The van der Waals surface area contributed by atoms with Crippen LogP contribution in [0.5, 0.6) is 0 Å². The number of nitrogens with one attached hydrogen (secondary N) is 2. The summed E-state index contributed by atoms with van der Waals surface area (Å²) < 4.78 is 65.5. The SMILES string of the molecule is CC(C)(C)[Si](C)(C)OCC#CC(=O)NNc1nc(N)nc2c1cnn2CCN1CCN(c2ccc(F)cc2F)CC1.Nc1nc2c(cnn2CCN2CCN(c3ccc(F)cc3F)CC2)c2nc(C#CCO)nn12.